The summed E-state index contributed by atoms with van der Waals surface area (Å²) >= 11 is 0. The summed E-state index contributed by atoms with van der Waals surface area (Å²) in [5, 5.41) is 2.91. The third-order valence-corrected chi connectivity index (χ3v) is 5.26. The van der Waals surface area contributed by atoms with E-state index in [1.807, 2.05) is 43.3 Å². The fourth-order valence-corrected chi connectivity index (χ4v) is 3.54. The lowest BCUT2D eigenvalue weighted by Crippen LogP contribution is -2.36. The average Bonchev–Trinajstić information content (AvgIpc) is 3.35. The molecule has 1 spiro atoms. The van der Waals surface area contributed by atoms with Crippen molar-refractivity contribution in [2.45, 2.75) is 32.6 Å². The zero-order valence-corrected chi connectivity index (χ0v) is 14.1. The molecule has 0 bridgehead atoms. The van der Waals surface area contributed by atoms with Crippen LogP contribution < -0.4 is 10.2 Å². The lowest BCUT2D eigenvalue weighted by atomic mass is 9.95. The topological polar surface area (TPSA) is 45.2 Å². The van der Waals surface area contributed by atoms with E-state index in [0.29, 0.717) is 11.0 Å². The summed E-state index contributed by atoms with van der Waals surface area (Å²) in [5.74, 6) is 0.878. The molecule has 24 heavy (non-hydrogen) atoms. The molecule has 4 nitrogen and oxygen atoms in total. The summed E-state index contributed by atoms with van der Waals surface area (Å²) in [5.41, 5.74) is 3.15. The first-order valence-corrected chi connectivity index (χ1v) is 8.73. The molecule has 0 atom stereocenters. The summed E-state index contributed by atoms with van der Waals surface area (Å²) < 4.78 is 0. The first kappa shape index (κ1) is 15.2. The highest BCUT2D eigenvalue weighted by atomic mass is 16.1. The molecule has 2 heterocycles. The van der Waals surface area contributed by atoms with E-state index < -0.39 is 0 Å². The quantitative estimate of drug-likeness (QED) is 0.928. The maximum atomic E-state index is 12.3. The van der Waals surface area contributed by atoms with Gasteiger partial charge in [-0.3, -0.25) is 4.79 Å². The van der Waals surface area contributed by atoms with Crippen LogP contribution in [0.15, 0.2) is 42.6 Å². The molecule has 1 saturated carbocycles. The van der Waals surface area contributed by atoms with Crippen molar-refractivity contribution >= 4 is 17.4 Å². The Kier molecular flexibility index (Phi) is 3.75. The molecule has 1 saturated heterocycles. The Morgan fingerprint density at radius 1 is 1.12 bits per heavy atom. The van der Waals surface area contributed by atoms with Crippen molar-refractivity contribution in [3.8, 4) is 0 Å². The predicted octanol–water partition coefficient (Wildman–Crippen LogP) is 4.02. The Morgan fingerprint density at radius 2 is 1.92 bits per heavy atom. The molecule has 1 aliphatic carbocycles. The molecule has 0 unspecified atom stereocenters. The highest BCUT2D eigenvalue weighted by Crippen LogP contribution is 2.52. The Bertz CT molecular complexity index is 732. The van der Waals surface area contributed by atoms with Gasteiger partial charge in [-0.2, -0.15) is 0 Å². The number of benzene rings is 1. The largest absolute Gasteiger partial charge is 0.356 e. The molecular formula is C20H23N3O. The van der Waals surface area contributed by atoms with Crippen LogP contribution in [0, 0.1) is 12.3 Å². The van der Waals surface area contributed by atoms with Crippen molar-refractivity contribution in [1.29, 1.82) is 0 Å². The predicted molar refractivity (Wildman–Crippen MR) is 96.5 cm³/mol. The first-order valence-electron chi connectivity index (χ1n) is 8.73. The smallest absolute Gasteiger partial charge is 0.257 e. The van der Waals surface area contributed by atoms with Gasteiger partial charge in [0, 0.05) is 25.0 Å². The van der Waals surface area contributed by atoms with Crippen LogP contribution in [-0.4, -0.2) is 24.0 Å². The SMILES string of the molecule is Cc1ccc(NC(=O)c2ccc(N3CCCC4(CC4)C3)nc2)cc1. The van der Waals surface area contributed by atoms with Crippen LogP contribution >= 0.6 is 0 Å². The van der Waals surface area contributed by atoms with E-state index in [4.69, 9.17) is 0 Å². The number of carbonyl (C=O) groups is 1. The van der Waals surface area contributed by atoms with E-state index in [2.05, 4.69) is 15.2 Å². The van der Waals surface area contributed by atoms with E-state index in [9.17, 15) is 4.79 Å². The van der Waals surface area contributed by atoms with Gasteiger partial charge in [0.05, 0.1) is 5.56 Å². The van der Waals surface area contributed by atoms with Crippen LogP contribution in [0.3, 0.4) is 0 Å². The number of piperidine rings is 1. The number of carbonyl (C=O) groups excluding carboxylic acids is 1. The maximum absolute atomic E-state index is 12.3. The number of aryl methyl sites for hydroxylation is 1. The van der Waals surface area contributed by atoms with Gasteiger partial charge in [0.1, 0.15) is 5.82 Å². The van der Waals surface area contributed by atoms with Gasteiger partial charge >= 0.3 is 0 Å². The number of nitrogens with zero attached hydrogens (tertiary/aromatic N) is 2. The van der Waals surface area contributed by atoms with Gasteiger partial charge in [0.2, 0.25) is 0 Å². The number of hydrogen-bond acceptors (Lipinski definition) is 3. The molecule has 2 fully saturated rings. The van der Waals surface area contributed by atoms with Crippen molar-refractivity contribution in [3.05, 3.63) is 53.7 Å². The van der Waals surface area contributed by atoms with Gasteiger partial charge in [-0.25, -0.2) is 4.98 Å². The molecular weight excluding hydrogens is 298 g/mol. The van der Waals surface area contributed by atoms with Crippen LogP contribution in [0.25, 0.3) is 0 Å². The fourth-order valence-electron chi connectivity index (χ4n) is 3.54. The maximum Gasteiger partial charge on any atom is 0.257 e. The summed E-state index contributed by atoms with van der Waals surface area (Å²) in [7, 11) is 0. The number of nitrogens with one attached hydrogen (secondary N) is 1. The Balaban J connectivity index is 1.43. The second-order valence-corrected chi connectivity index (χ2v) is 7.25. The van der Waals surface area contributed by atoms with Crippen LogP contribution in [0.4, 0.5) is 11.5 Å². The summed E-state index contributed by atoms with van der Waals surface area (Å²) in [6.07, 6.45) is 7.02. The first-order chi connectivity index (χ1) is 11.6. The molecule has 124 valence electrons. The fraction of sp³-hybridized carbons (Fsp3) is 0.400. The summed E-state index contributed by atoms with van der Waals surface area (Å²) in [6.45, 7) is 4.22. The molecule has 1 aromatic carbocycles. The average molecular weight is 321 g/mol. The summed E-state index contributed by atoms with van der Waals surface area (Å²) in [4.78, 5) is 19.2. The van der Waals surface area contributed by atoms with E-state index in [0.717, 1.165) is 24.6 Å². The van der Waals surface area contributed by atoms with Gasteiger partial charge in [0.25, 0.3) is 5.91 Å². The monoisotopic (exact) mass is 321 g/mol. The third-order valence-electron chi connectivity index (χ3n) is 5.26. The lowest BCUT2D eigenvalue weighted by molar-refractivity contribution is 0.102. The number of pyridine rings is 1. The van der Waals surface area contributed by atoms with E-state index in [1.165, 1.54) is 31.2 Å². The van der Waals surface area contributed by atoms with Crippen LogP contribution in [0.1, 0.15) is 41.6 Å². The van der Waals surface area contributed by atoms with Crippen LogP contribution in [0.2, 0.25) is 0 Å². The molecule has 2 aromatic rings. The zero-order valence-electron chi connectivity index (χ0n) is 14.1. The molecule has 4 heteroatoms. The number of aromatic nitrogens is 1. The Hall–Kier alpha value is -2.36. The van der Waals surface area contributed by atoms with Crippen molar-refractivity contribution in [1.82, 2.24) is 4.98 Å². The minimum atomic E-state index is -0.116. The Morgan fingerprint density at radius 3 is 2.58 bits per heavy atom. The van der Waals surface area contributed by atoms with Gasteiger partial charge in [0.15, 0.2) is 0 Å². The van der Waals surface area contributed by atoms with Gasteiger partial charge < -0.3 is 10.2 Å². The van der Waals surface area contributed by atoms with Crippen molar-refractivity contribution in [2.75, 3.05) is 23.3 Å². The highest BCUT2D eigenvalue weighted by molar-refractivity contribution is 6.04. The minimum Gasteiger partial charge on any atom is -0.356 e. The second-order valence-electron chi connectivity index (χ2n) is 7.25. The van der Waals surface area contributed by atoms with Crippen LogP contribution in [0.5, 0.6) is 0 Å². The third kappa shape index (κ3) is 3.14. The zero-order chi connectivity index (χ0) is 16.6. The number of hydrogen-bond donors (Lipinski definition) is 1. The van der Waals surface area contributed by atoms with E-state index in [1.54, 1.807) is 6.20 Å². The molecule has 0 radical (unpaired) electrons. The van der Waals surface area contributed by atoms with Gasteiger partial charge in [-0.15, -0.1) is 0 Å². The minimum absolute atomic E-state index is 0.116. The molecule has 2 aliphatic rings. The van der Waals surface area contributed by atoms with Crippen molar-refractivity contribution in [2.24, 2.45) is 5.41 Å². The number of rotatable bonds is 3. The summed E-state index contributed by atoms with van der Waals surface area (Å²) in [6, 6.07) is 11.7. The van der Waals surface area contributed by atoms with Crippen molar-refractivity contribution in [3.63, 3.8) is 0 Å². The normalized spacial score (nSPS) is 18.5. The van der Waals surface area contributed by atoms with E-state index in [-0.39, 0.29) is 5.91 Å². The molecule has 1 aromatic heterocycles. The second kappa shape index (κ2) is 5.93. The number of anilines is 2. The van der Waals surface area contributed by atoms with Crippen LogP contribution in [-0.2, 0) is 0 Å². The molecule has 4 rings (SSSR count). The molecule has 1 aliphatic heterocycles. The number of amides is 1. The molecule has 1 N–H and O–H groups in total. The van der Waals surface area contributed by atoms with E-state index >= 15 is 0 Å². The van der Waals surface area contributed by atoms with Gasteiger partial charge in [-0.05, 0) is 62.3 Å². The standard InChI is InChI=1S/C20H23N3O/c1-15-3-6-17(7-4-15)22-19(24)16-5-8-18(21-13-16)23-12-2-9-20(14-23)10-11-20/h3-8,13H,2,9-12,14H2,1H3,(H,22,24). The Labute approximate surface area is 142 Å². The van der Waals surface area contributed by atoms with Crippen molar-refractivity contribution < 1.29 is 4.79 Å². The lowest BCUT2D eigenvalue weighted by Gasteiger charge is -2.33. The molecule has 1 amide bonds. The van der Waals surface area contributed by atoms with Gasteiger partial charge in [-0.1, -0.05) is 17.7 Å². The highest BCUT2D eigenvalue weighted by Gasteiger charge is 2.45.